The number of aromatic nitrogens is 2. The van der Waals surface area contributed by atoms with Crippen LogP contribution in [0.15, 0.2) is 18.2 Å². The summed E-state index contributed by atoms with van der Waals surface area (Å²) in [4.78, 5) is 12.6. The minimum Gasteiger partial charge on any atom is -0.481 e. The van der Waals surface area contributed by atoms with Gasteiger partial charge in [0.15, 0.2) is 0 Å². The van der Waals surface area contributed by atoms with Crippen molar-refractivity contribution < 1.29 is 9.53 Å². The minimum absolute atomic E-state index is 0.0227. The third-order valence-corrected chi connectivity index (χ3v) is 4.46. The quantitative estimate of drug-likeness (QED) is 0.946. The zero-order chi connectivity index (χ0) is 15.9. The molecular weight excluding hydrogens is 302 g/mol. The Labute approximate surface area is 134 Å². The molecule has 0 radical (unpaired) electrons. The Morgan fingerprint density at radius 2 is 2.27 bits per heavy atom. The van der Waals surface area contributed by atoms with E-state index in [0.717, 1.165) is 29.0 Å². The van der Waals surface area contributed by atoms with Gasteiger partial charge in [-0.15, -0.1) is 0 Å². The molecule has 1 heterocycles. The smallest absolute Gasteiger partial charge is 0.259 e. The van der Waals surface area contributed by atoms with Crippen molar-refractivity contribution in [1.82, 2.24) is 15.1 Å². The summed E-state index contributed by atoms with van der Waals surface area (Å²) >= 11 is 6.22. The average molecular weight is 320 g/mol. The van der Waals surface area contributed by atoms with Crippen molar-refractivity contribution in [2.24, 2.45) is 7.05 Å². The number of ether oxygens (including phenoxy) is 1. The van der Waals surface area contributed by atoms with Crippen molar-refractivity contribution in [3.8, 4) is 5.88 Å². The molecule has 0 saturated carbocycles. The lowest BCUT2D eigenvalue weighted by atomic mass is 10.1. The molecule has 2 aromatic rings. The van der Waals surface area contributed by atoms with E-state index in [-0.39, 0.29) is 11.9 Å². The Balaban J connectivity index is 1.87. The predicted octanol–water partition coefficient (Wildman–Crippen LogP) is 2.81. The van der Waals surface area contributed by atoms with Crippen LogP contribution in [-0.4, -0.2) is 22.8 Å². The van der Waals surface area contributed by atoms with Gasteiger partial charge in [0, 0.05) is 12.1 Å². The van der Waals surface area contributed by atoms with Gasteiger partial charge in [-0.25, -0.2) is 4.68 Å². The number of carbonyl (C=O) groups excluding carboxylic acids is 1. The lowest BCUT2D eigenvalue weighted by Gasteiger charge is -2.14. The van der Waals surface area contributed by atoms with Crippen molar-refractivity contribution in [2.45, 2.75) is 25.8 Å². The van der Waals surface area contributed by atoms with Crippen LogP contribution in [-0.2, 0) is 13.5 Å². The summed E-state index contributed by atoms with van der Waals surface area (Å²) in [7, 11) is 3.30. The van der Waals surface area contributed by atoms with Crippen LogP contribution in [0.4, 0.5) is 0 Å². The van der Waals surface area contributed by atoms with Gasteiger partial charge in [-0.1, -0.05) is 23.7 Å². The largest absolute Gasteiger partial charge is 0.481 e. The van der Waals surface area contributed by atoms with Gasteiger partial charge < -0.3 is 10.1 Å². The first-order chi connectivity index (χ1) is 10.5. The Morgan fingerprint density at radius 3 is 3.00 bits per heavy atom. The Morgan fingerprint density at radius 1 is 1.50 bits per heavy atom. The molecule has 0 spiro atoms. The fourth-order valence-corrected chi connectivity index (χ4v) is 3.40. The van der Waals surface area contributed by atoms with Crippen LogP contribution in [0, 0.1) is 6.92 Å². The Hall–Kier alpha value is -2.01. The molecule has 1 aliphatic carbocycles. The summed E-state index contributed by atoms with van der Waals surface area (Å²) in [5.74, 6) is 0.305. The fourth-order valence-electron chi connectivity index (χ4n) is 3.12. The zero-order valence-electron chi connectivity index (χ0n) is 12.8. The summed E-state index contributed by atoms with van der Waals surface area (Å²) < 4.78 is 6.86. The second kappa shape index (κ2) is 5.65. The van der Waals surface area contributed by atoms with E-state index in [9.17, 15) is 4.79 Å². The monoisotopic (exact) mass is 319 g/mol. The molecule has 0 saturated heterocycles. The van der Waals surface area contributed by atoms with E-state index in [1.54, 1.807) is 18.7 Å². The van der Waals surface area contributed by atoms with Gasteiger partial charge in [-0.3, -0.25) is 4.79 Å². The fraction of sp³-hybridized carbons (Fsp3) is 0.375. The van der Waals surface area contributed by atoms with Crippen molar-refractivity contribution >= 4 is 17.5 Å². The zero-order valence-corrected chi connectivity index (χ0v) is 13.6. The summed E-state index contributed by atoms with van der Waals surface area (Å²) in [5.41, 5.74) is 3.37. The van der Waals surface area contributed by atoms with Crippen LogP contribution in [0.25, 0.3) is 0 Å². The van der Waals surface area contributed by atoms with Crippen LogP contribution in [0.1, 0.15) is 39.6 Å². The first-order valence-corrected chi connectivity index (χ1v) is 7.56. The molecule has 116 valence electrons. The molecule has 3 rings (SSSR count). The first kappa shape index (κ1) is 14.9. The third-order valence-electron chi connectivity index (χ3n) is 4.11. The van der Waals surface area contributed by atoms with E-state index in [2.05, 4.69) is 10.4 Å². The second-order valence-electron chi connectivity index (χ2n) is 5.47. The number of nitrogens with one attached hydrogen (secondary N) is 1. The highest BCUT2D eigenvalue weighted by molar-refractivity contribution is 6.31. The number of benzene rings is 1. The minimum atomic E-state index is -0.166. The number of rotatable bonds is 3. The lowest BCUT2D eigenvalue weighted by molar-refractivity contribution is 0.0932. The maximum Gasteiger partial charge on any atom is 0.259 e. The van der Waals surface area contributed by atoms with Gasteiger partial charge in [-0.2, -0.15) is 5.10 Å². The standard InChI is InChI=1S/C16H18ClN3O2/c1-9-14(16(22-3)20(2)19-9)15(21)18-13-8-7-10-11(13)5-4-6-12(10)17/h4-6,13H,7-8H2,1-3H3,(H,18,21). The van der Waals surface area contributed by atoms with Crippen LogP contribution in [0.3, 0.4) is 0 Å². The summed E-state index contributed by atoms with van der Waals surface area (Å²) in [6, 6.07) is 5.80. The number of fused-ring (bicyclic) bond motifs is 1. The molecule has 1 aromatic heterocycles. The normalized spacial score (nSPS) is 16.5. The van der Waals surface area contributed by atoms with Gasteiger partial charge in [0.2, 0.25) is 5.88 Å². The van der Waals surface area contributed by atoms with Gasteiger partial charge in [-0.05, 0) is 37.0 Å². The number of hydrogen-bond donors (Lipinski definition) is 1. The molecule has 0 fully saturated rings. The maximum absolute atomic E-state index is 12.6. The van der Waals surface area contributed by atoms with Gasteiger partial charge in [0.1, 0.15) is 5.56 Å². The van der Waals surface area contributed by atoms with Crippen LogP contribution >= 0.6 is 11.6 Å². The van der Waals surface area contributed by atoms with Crippen molar-refractivity contribution in [3.05, 3.63) is 45.6 Å². The maximum atomic E-state index is 12.6. The van der Waals surface area contributed by atoms with E-state index in [4.69, 9.17) is 16.3 Å². The summed E-state index contributed by atoms with van der Waals surface area (Å²) in [6.07, 6.45) is 1.73. The summed E-state index contributed by atoms with van der Waals surface area (Å²) in [5, 5.41) is 8.09. The molecule has 1 N–H and O–H groups in total. The molecule has 0 bridgehead atoms. The number of carbonyl (C=O) groups is 1. The number of aryl methyl sites for hydroxylation is 2. The van der Waals surface area contributed by atoms with Crippen LogP contribution in [0.2, 0.25) is 5.02 Å². The van der Waals surface area contributed by atoms with E-state index in [1.807, 2.05) is 18.2 Å². The van der Waals surface area contributed by atoms with E-state index >= 15 is 0 Å². The van der Waals surface area contributed by atoms with Crippen molar-refractivity contribution in [1.29, 1.82) is 0 Å². The second-order valence-corrected chi connectivity index (χ2v) is 5.87. The number of halogens is 1. The molecule has 1 aliphatic rings. The molecule has 6 heteroatoms. The lowest BCUT2D eigenvalue weighted by Crippen LogP contribution is -2.27. The third kappa shape index (κ3) is 2.35. The highest BCUT2D eigenvalue weighted by atomic mass is 35.5. The van der Waals surface area contributed by atoms with Crippen molar-refractivity contribution in [3.63, 3.8) is 0 Å². The molecule has 1 amide bonds. The van der Waals surface area contributed by atoms with E-state index in [1.165, 1.54) is 7.11 Å². The molecule has 22 heavy (non-hydrogen) atoms. The first-order valence-electron chi connectivity index (χ1n) is 7.18. The van der Waals surface area contributed by atoms with Gasteiger partial charge in [0.25, 0.3) is 5.91 Å². The van der Waals surface area contributed by atoms with Crippen LogP contribution in [0.5, 0.6) is 5.88 Å². The number of nitrogens with zero attached hydrogens (tertiary/aromatic N) is 2. The predicted molar refractivity (Wildman–Crippen MR) is 84.5 cm³/mol. The number of hydrogen-bond acceptors (Lipinski definition) is 3. The average Bonchev–Trinajstić information content (AvgIpc) is 3.00. The topological polar surface area (TPSA) is 56.1 Å². The van der Waals surface area contributed by atoms with Gasteiger partial charge in [0.05, 0.1) is 18.8 Å². The molecular formula is C16H18ClN3O2. The highest BCUT2D eigenvalue weighted by Gasteiger charge is 2.28. The van der Waals surface area contributed by atoms with Gasteiger partial charge >= 0.3 is 0 Å². The number of methoxy groups -OCH3 is 1. The van der Waals surface area contributed by atoms with Crippen LogP contribution < -0.4 is 10.1 Å². The molecule has 0 aliphatic heterocycles. The Kier molecular flexibility index (Phi) is 3.83. The molecule has 1 unspecified atom stereocenters. The van der Waals surface area contributed by atoms with E-state index < -0.39 is 0 Å². The Bertz CT molecular complexity index is 739. The number of amides is 1. The van der Waals surface area contributed by atoms with E-state index in [0.29, 0.717) is 17.1 Å². The molecule has 1 aromatic carbocycles. The molecule has 5 nitrogen and oxygen atoms in total. The van der Waals surface area contributed by atoms with Crippen molar-refractivity contribution in [2.75, 3.05) is 7.11 Å². The SMILES string of the molecule is COc1c(C(=O)NC2CCc3c(Cl)cccc32)c(C)nn1C. The summed E-state index contributed by atoms with van der Waals surface area (Å²) in [6.45, 7) is 1.80. The molecule has 1 atom stereocenters. The highest BCUT2D eigenvalue weighted by Crippen LogP contribution is 2.36.